The first kappa shape index (κ1) is 8.62. The van der Waals surface area contributed by atoms with E-state index in [2.05, 4.69) is 20.1 Å². The van der Waals surface area contributed by atoms with Gasteiger partial charge in [0.1, 0.15) is 12.2 Å². The molecule has 1 atom stereocenters. The minimum absolute atomic E-state index is 0.0314. The molecule has 12 heavy (non-hydrogen) atoms. The van der Waals surface area contributed by atoms with Crippen molar-refractivity contribution in [1.82, 2.24) is 15.4 Å². The summed E-state index contributed by atoms with van der Waals surface area (Å²) >= 11 is 0. The Hall–Kier alpha value is -1.47. The van der Waals surface area contributed by atoms with Gasteiger partial charge in [0.15, 0.2) is 0 Å². The predicted octanol–water partition coefficient (Wildman–Crippen LogP) is -1.97. The Bertz CT molecular complexity index is 247. The van der Waals surface area contributed by atoms with Crippen molar-refractivity contribution in [3.8, 4) is 5.88 Å². The maximum Gasteiger partial charge on any atom is 0.332 e. The van der Waals surface area contributed by atoms with E-state index < -0.39 is 18.6 Å². The SMILES string of the molecule is N[C@@H](CO)C(=O)Oc1cn[nH]n1. The van der Waals surface area contributed by atoms with E-state index in [1.807, 2.05) is 0 Å². The minimum Gasteiger partial charge on any atom is -0.403 e. The monoisotopic (exact) mass is 172 g/mol. The van der Waals surface area contributed by atoms with Crippen LogP contribution in [-0.2, 0) is 4.79 Å². The molecule has 1 rings (SSSR count). The lowest BCUT2D eigenvalue weighted by molar-refractivity contribution is -0.137. The van der Waals surface area contributed by atoms with Crippen LogP contribution in [-0.4, -0.2) is 39.1 Å². The number of hydrogen-bond acceptors (Lipinski definition) is 6. The second-order valence-corrected chi connectivity index (χ2v) is 2.02. The largest absolute Gasteiger partial charge is 0.403 e. The number of hydrogen-bond donors (Lipinski definition) is 3. The Kier molecular flexibility index (Phi) is 2.72. The first-order chi connectivity index (χ1) is 5.74. The lowest BCUT2D eigenvalue weighted by atomic mass is 10.3. The highest BCUT2D eigenvalue weighted by Gasteiger charge is 2.15. The quantitative estimate of drug-likeness (QED) is 0.455. The van der Waals surface area contributed by atoms with Crippen LogP contribution in [0.3, 0.4) is 0 Å². The molecule has 4 N–H and O–H groups in total. The number of ether oxygens (including phenoxy) is 1. The minimum atomic E-state index is -1.04. The number of nitrogens with zero attached hydrogens (tertiary/aromatic N) is 2. The fourth-order valence-electron chi connectivity index (χ4n) is 0.494. The van der Waals surface area contributed by atoms with Crippen molar-refractivity contribution in [2.24, 2.45) is 5.73 Å². The van der Waals surface area contributed by atoms with Gasteiger partial charge in [-0.2, -0.15) is 10.3 Å². The van der Waals surface area contributed by atoms with E-state index in [-0.39, 0.29) is 5.88 Å². The first-order valence-electron chi connectivity index (χ1n) is 3.18. The van der Waals surface area contributed by atoms with E-state index in [4.69, 9.17) is 10.8 Å². The third-order valence-electron chi connectivity index (χ3n) is 1.10. The fourth-order valence-corrected chi connectivity index (χ4v) is 0.494. The molecule has 0 saturated heterocycles. The highest BCUT2D eigenvalue weighted by Crippen LogP contribution is 2.00. The van der Waals surface area contributed by atoms with E-state index in [1.54, 1.807) is 0 Å². The summed E-state index contributed by atoms with van der Waals surface area (Å²) in [4.78, 5) is 10.9. The van der Waals surface area contributed by atoms with Crippen molar-refractivity contribution in [3.05, 3.63) is 6.20 Å². The number of aliphatic hydroxyl groups is 1. The zero-order valence-electron chi connectivity index (χ0n) is 6.10. The Balaban J connectivity index is 2.47. The molecular weight excluding hydrogens is 164 g/mol. The molecule has 0 radical (unpaired) electrons. The van der Waals surface area contributed by atoms with Gasteiger partial charge in [0.05, 0.1) is 6.61 Å². The van der Waals surface area contributed by atoms with Crippen LogP contribution >= 0.6 is 0 Å². The second-order valence-electron chi connectivity index (χ2n) is 2.02. The number of esters is 1. The summed E-state index contributed by atoms with van der Waals surface area (Å²) in [5.74, 6) is -0.713. The van der Waals surface area contributed by atoms with Crippen LogP contribution < -0.4 is 10.5 Å². The summed E-state index contributed by atoms with van der Waals surface area (Å²) < 4.78 is 4.58. The normalized spacial score (nSPS) is 12.5. The Labute approximate surface area is 67.5 Å². The molecule has 0 aliphatic heterocycles. The highest BCUT2D eigenvalue weighted by atomic mass is 16.5. The number of carbonyl (C=O) groups excluding carboxylic acids is 1. The Morgan fingerprint density at radius 1 is 1.92 bits per heavy atom. The first-order valence-corrected chi connectivity index (χ1v) is 3.18. The Morgan fingerprint density at radius 2 is 2.67 bits per heavy atom. The molecule has 0 bridgehead atoms. The molecule has 66 valence electrons. The molecule has 0 amide bonds. The van der Waals surface area contributed by atoms with Crippen molar-refractivity contribution in [3.63, 3.8) is 0 Å². The molecule has 7 heteroatoms. The van der Waals surface area contributed by atoms with Gasteiger partial charge in [0, 0.05) is 0 Å². The predicted molar refractivity (Wildman–Crippen MR) is 37.1 cm³/mol. The van der Waals surface area contributed by atoms with Crippen molar-refractivity contribution >= 4 is 5.97 Å². The van der Waals surface area contributed by atoms with Crippen molar-refractivity contribution in [2.45, 2.75) is 6.04 Å². The van der Waals surface area contributed by atoms with Gasteiger partial charge in [-0.25, -0.2) is 4.79 Å². The van der Waals surface area contributed by atoms with Gasteiger partial charge in [-0.1, -0.05) is 0 Å². The van der Waals surface area contributed by atoms with Gasteiger partial charge < -0.3 is 15.6 Å². The molecule has 1 aromatic rings. The summed E-state index contributed by atoms with van der Waals surface area (Å²) in [5.41, 5.74) is 5.15. The maximum atomic E-state index is 10.9. The van der Waals surface area contributed by atoms with Crippen LogP contribution in [0.25, 0.3) is 0 Å². The molecule has 0 aromatic carbocycles. The van der Waals surface area contributed by atoms with Crippen LogP contribution in [0.5, 0.6) is 5.88 Å². The van der Waals surface area contributed by atoms with Gasteiger partial charge in [-0.05, 0) is 0 Å². The van der Waals surface area contributed by atoms with E-state index in [9.17, 15) is 4.79 Å². The fraction of sp³-hybridized carbons (Fsp3) is 0.400. The van der Waals surface area contributed by atoms with Gasteiger partial charge in [-0.15, -0.1) is 5.10 Å². The lowest BCUT2D eigenvalue weighted by Gasteiger charge is -2.04. The van der Waals surface area contributed by atoms with E-state index in [1.165, 1.54) is 6.20 Å². The van der Waals surface area contributed by atoms with Gasteiger partial charge in [0.2, 0.25) is 0 Å². The average Bonchev–Trinajstić information content (AvgIpc) is 2.55. The molecule has 0 aliphatic carbocycles. The molecule has 1 heterocycles. The number of nitrogens with one attached hydrogen (secondary N) is 1. The third kappa shape index (κ3) is 2.01. The average molecular weight is 172 g/mol. The van der Waals surface area contributed by atoms with Crippen molar-refractivity contribution in [1.29, 1.82) is 0 Å². The third-order valence-corrected chi connectivity index (χ3v) is 1.10. The Morgan fingerprint density at radius 3 is 3.17 bits per heavy atom. The van der Waals surface area contributed by atoms with E-state index in [0.29, 0.717) is 0 Å². The molecule has 0 unspecified atom stereocenters. The molecule has 7 nitrogen and oxygen atoms in total. The molecule has 0 fully saturated rings. The van der Waals surface area contributed by atoms with Crippen LogP contribution in [0, 0.1) is 0 Å². The van der Waals surface area contributed by atoms with Crippen LogP contribution in [0.4, 0.5) is 0 Å². The molecule has 0 saturated carbocycles. The molecule has 0 aliphatic rings. The number of carbonyl (C=O) groups is 1. The zero-order valence-corrected chi connectivity index (χ0v) is 6.10. The summed E-state index contributed by atoms with van der Waals surface area (Å²) in [5, 5.41) is 17.6. The zero-order chi connectivity index (χ0) is 8.97. The molecule has 0 spiro atoms. The second kappa shape index (κ2) is 3.79. The number of nitrogens with two attached hydrogens (primary N) is 1. The summed E-state index contributed by atoms with van der Waals surface area (Å²) in [6.07, 6.45) is 1.22. The van der Waals surface area contributed by atoms with Crippen molar-refractivity contribution in [2.75, 3.05) is 6.61 Å². The van der Waals surface area contributed by atoms with E-state index in [0.717, 1.165) is 0 Å². The van der Waals surface area contributed by atoms with Crippen molar-refractivity contribution < 1.29 is 14.6 Å². The lowest BCUT2D eigenvalue weighted by Crippen LogP contribution is -2.37. The number of aromatic amines is 1. The maximum absolute atomic E-state index is 10.9. The van der Waals surface area contributed by atoms with Gasteiger partial charge in [-0.3, -0.25) is 0 Å². The number of aromatic nitrogens is 3. The topological polar surface area (TPSA) is 114 Å². The van der Waals surface area contributed by atoms with Crippen LogP contribution in [0.15, 0.2) is 6.20 Å². The van der Waals surface area contributed by atoms with E-state index >= 15 is 0 Å². The number of rotatable bonds is 3. The summed E-state index contributed by atoms with van der Waals surface area (Å²) in [7, 11) is 0. The standard InChI is InChI=1S/C5H8N4O3/c6-3(2-10)5(11)12-4-1-7-9-8-4/h1,3,10H,2,6H2,(H,7,8,9)/t3-/m0/s1. The number of aliphatic hydroxyl groups excluding tert-OH is 1. The molecular formula is C5H8N4O3. The summed E-state index contributed by atoms with van der Waals surface area (Å²) in [6.45, 7) is -0.462. The summed E-state index contributed by atoms with van der Waals surface area (Å²) in [6, 6.07) is -1.04. The highest BCUT2D eigenvalue weighted by molar-refractivity contribution is 5.77. The smallest absolute Gasteiger partial charge is 0.332 e. The number of H-pyrrole nitrogens is 1. The van der Waals surface area contributed by atoms with Gasteiger partial charge >= 0.3 is 5.97 Å². The van der Waals surface area contributed by atoms with Crippen LogP contribution in [0.1, 0.15) is 0 Å². The van der Waals surface area contributed by atoms with Crippen LogP contribution in [0.2, 0.25) is 0 Å². The van der Waals surface area contributed by atoms with Gasteiger partial charge in [0.25, 0.3) is 5.88 Å². The molecule has 1 aromatic heterocycles.